The second-order valence-corrected chi connectivity index (χ2v) is 17.8. The molecule has 4 aliphatic carbocycles. The quantitative estimate of drug-likeness (QED) is 0.133. The summed E-state index contributed by atoms with van der Waals surface area (Å²) in [6.07, 6.45) is -0.338. The summed E-state index contributed by atoms with van der Waals surface area (Å²) < 4.78 is 29.5. The smallest absolute Gasteiger partial charge is 0.336 e. The Morgan fingerprint density at radius 3 is 2.28 bits per heavy atom. The number of aliphatic hydroxyl groups excluding tert-OH is 7. The van der Waals surface area contributed by atoms with Gasteiger partial charge in [-0.15, -0.1) is 0 Å². The second kappa shape index (κ2) is 15.5. The molecule has 18 atom stereocenters. The molecule has 5 fully saturated rings. The van der Waals surface area contributed by atoms with Gasteiger partial charge in [0.2, 0.25) is 0 Å². The number of carbonyl (C=O) groups excluding carboxylic acids is 1. The minimum atomic E-state index is -1.13. The molecule has 7 rings (SSSR count). The number of hydrogen-bond acceptors (Lipinski definition) is 13. The van der Waals surface area contributed by atoms with Crippen molar-refractivity contribution >= 4 is 5.97 Å². The van der Waals surface area contributed by atoms with Gasteiger partial charge >= 0.3 is 5.97 Å². The Morgan fingerprint density at radius 1 is 0.887 bits per heavy atom. The molecule has 7 N–H and O–H groups in total. The third-order valence-electron chi connectivity index (χ3n) is 15.1. The van der Waals surface area contributed by atoms with Gasteiger partial charge in [-0.1, -0.05) is 38.0 Å². The summed E-state index contributed by atoms with van der Waals surface area (Å²) in [6.45, 7) is 7.95. The van der Waals surface area contributed by atoms with Gasteiger partial charge in [-0.25, -0.2) is 4.79 Å². The predicted molar refractivity (Wildman–Crippen MR) is 189 cm³/mol. The normalized spacial score (nSPS) is 49.4. The summed E-state index contributed by atoms with van der Waals surface area (Å²) in [7, 11) is 0. The van der Waals surface area contributed by atoms with Crippen molar-refractivity contribution in [3.05, 3.63) is 22.8 Å². The van der Waals surface area contributed by atoms with Crippen LogP contribution in [-0.4, -0.2) is 129 Å². The van der Waals surface area contributed by atoms with E-state index in [0.29, 0.717) is 48.5 Å². The minimum absolute atomic E-state index is 0.00681. The lowest BCUT2D eigenvalue weighted by atomic mass is 9.46. The van der Waals surface area contributed by atoms with Crippen molar-refractivity contribution in [2.75, 3.05) is 19.8 Å². The molecule has 0 aromatic carbocycles. The van der Waals surface area contributed by atoms with Gasteiger partial charge in [0.15, 0.2) is 12.6 Å². The van der Waals surface area contributed by atoms with Gasteiger partial charge in [-0.2, -0.15) is 0 Å². The lowest BCUT2D eigenvalue weighted by Crippen LogP contribution is -2.57. The number of hydrogen-bond donors (Lipinski definition) is 7. The molecule has 0 aromatic rings. The third kappa shape index (κ3) is 7.09. The van der Waals surface area contributed by atoms with Crippen LogP contribution in [0.25, 0.3) is 0 Å². The molecule has 7 aliphatic rings. The van der Waals surface area contributed by atoms with Crippen molar-refractivity contribution in [1.82, 2.24) is 0 Å². The molecule has 3 heterocycles. The number of ether oxygens (including phenoxy) is 5. The summed E-state index contributed by atoms with van der Waals surface area (Å²) in [5, 5.41) is 73.0. The van der Waals surface area contributed by atoms with Crippen molar-refractivity contribution in [2.45, 2.75) is 159 Å². The Labute approximate surface area is 312 Å². The van der Waals surface area contributed by atoms with Crippen molar-refractivity contribution in [2.24, 2.45) is 40.4 Å². The summed E-state index contributed by atoms with van der Waals surface area (Å²) in [5.74, 6) is 1.51. The Balaban J connectivity index is 0.986. The van der Waals surface area contributed by atoms with Crippen LogP contribution in [0.5, 0.6) is 0 Å². The SMILES string of the molecule is CC1=C(CO)C(=O)O[C@@H]([C@@H](C)[C@H]2CC[C@H]3[C@@H]4CC=C5C[C@@H](OC6OC(COC7OC(CO)[C@@H](O)C[C@@H]7O)[C@@H](O)C[C@@H]6O)C[C@H](O)[C@]5(C)[C@H]4CC[C@]23C)C1. The number of rotatable bonds is 9. The molecule has 0 amide bonds. The van der Waals surface area contributed by atoms with Gasteiger partial charge in [-0.3, -0.25) is 0 Å². The maximum atomic E-state index is 12.7. The Morgan fingerprint density at radius 2 is 1.58 bits per heavy atom. The molecule has 4 unspecified atom stereocenters. The van der Waals surface area contributed by atoms with E-state index in [1.807, 2.05) is 6.92 Å². The van der Waals surface area contributed by atoms with E-state index < -0.39 is 73.4 Å². The largest absolute Gasteiger partial charge is 0.458 e. The molecule has 13 heteroatoms. The number of cyclic esters (lactones) is 1. The molecule has 13 nitrogen and oxygen atoms in total. The first-order chi connectivity index (χ1) is 25.2. The standard InChI is InChI=1S/C40H62O13/c1-19-11-32(51-36(48)24(19)16-41)20(2)25-7-8-26-23-6-5-21-12-22(13-35(47)40(21,4)27(23)9-10-39(25,26)3)50-38-31(46)15-29(44)34(53-38)18-49-37-30(45)14-28(43)33(17-42)52-37/h5,20,22-23,25-35,37-38,41-47H,6-18H2,1-4H3/t20-,22+,23-,25+,26-,27-,28-,29-,30-,31-,32+,33?,34?,35-,37?,38?,39+,40-/m0/s1. The van der Waals surface area contributed by atoms with Crippen molar-refractivity contribution in [1.29, 1.82) is 0 Å². The van der Waals surface area contributed by atoms with E-state index in [9.17, 15) is 40.5 Å². The van der Waals surface area contributed by atoms with Crippen LogP contribution in [0, 0.1) is 40.4 Å². The van der Waals surface area contributed by atoms with Crippen molar-refractivity contribution in [3.63, 3.8) is 0 Å². The lowest BCUT2D eigenvalue weighted by Gasteiger charge is -2.60. The Bertz CT molecular complexity index is 1400. The first kappa shape index (κ1) is 39.7. The van der Waals surface area contributed by atoms with Crippen LogP contribution in [0.1, 0.15) is 91.9 Å². The number of esters is 1. The average Bonchev–Trinajstić information content (AvgIpc) is 3.47. The topological polar surface area (TPSA) is 205 Å². The zero-order valence-corrected chi connectivity index (χ0v) is 31.6. The van der Waals surface area contributed by atoms with E-state index in [1.54, 1.807) is 0 Å². The van der Waals surface area contributed by atoms with Crippen molar-refractivity contribution < 1.29 is 64.2 Å². The van der Waals surface area contributed by atoms with E-state index in [1.165, 1.54) is 5.57 Å². The monoisotopic (exact) mass is 750 g/mol. The molecule has 300 valence electrons. The highest BCUT2D eigenvalue weighted by molar-refractivity contribution is 5.90. The summed E-state index contributed by atoms with van der Waals surface area (Å²) >= 11 is 0. The van der Waals surface area contributed by atoms with Crippen LogP contribution in [-0.2, 0) is 28.5 Å². The zero-order chi connectivity index (χ0) is 38.0. The Hall–Kier alpha value is -1.49. The van der Waals surface area contributed by atoms with Crippen LogP contribution in [0.15, 0.2) is 22.8 Å². The highest BCUT2D eigenvalue weighted by Gasteiger charge is 2.62. The first-order valence-corrected chi connectivity index (χ1v) is 20.0. The first-order valence-electron chi connectivity index (χ1n) is 20.0. The maximum absolute atomic E-state index is 12.7. The number of aliphatic hydroxyl groups is 7. The van der Waals surface area contributed by atoms with Crippen LogP contribution in [0.3, 0.4) is 0 Å². The van der Waals surface area contributed by atoms with Crippen LogP contribution in [0.4, 0.5) is 0 Å². The van der Waals surface area contributed by atoms with Gasteiger partial charge in [0, 0.05) is 31.1 Å². The molecular weight excluding hydrogens is 688 g/mol. The number of allylic oxidation sites excluding steroid dienone is 1. The molecule has 2 saturated heterocycles. The van der Waals surface area contributed by atoms with Gasteiger partial charge < -0.3 is 59.4 Å². The average molecular weight is 751 g/mol. The minimum Gasteiger partial charge on any atom is -0.458 e. The van der Waals surface area contributed by atoms with Gasteiger partial charge in [0.1, 0.15) is 30.5 Å². The van der Waals surface area contributed by atoms with Gasteiger partial charge in [0.05, 0.1) is 49.8 Å². The van der Waals surface area contributed by atoms with Gasteiger partial charge in [0.25, 0.3) is 0 Å². The second-order valence-electron chi connectivity index (χ2n) is 17.8. The van der Waals surface area contributed by atoms with Crippen LogP contribution >= 0.6 is 0 Å². The van der Waals surface area contributed by atoms with E-state index >= 15 is 0 Å². The molecule has 3 saturated carbocycles. The zero-order valence-electron chi connectivity index (χ0n) is 31.6. The van der Waals surface area contributed by atoms with E-state index in [4.69, 9.17) is 23.7 Å². The molecule has 0 radical (unpaired) electrons. The molecule has 0 aromatic heterocycles. The number of fused-ring (bicyclic) bond motifs is 5. The lowest BCUT2D eigenvalue weighted by molar-refractivity contribution is -0.312. The van der Waals surface area contributed by atoms with E-state index in [-0.39, 0.29) is 49.5 Å². The molecule has 0 bridgehead atoms. The van der Waals surface area contributed by atoms with Gasteiger partial charge in [-0.05, 0) is 80.5 Å². The fourth-order valence-electron chi connectivity index (χ4n) is 12.0. The third-order valence-corrected chi connectivity index (χ3v) is 15.1. The molecule has 3 aliphatic heterocycles. The Kier molecular flexibility index (Phi) is 11.6. The summed E-state index contributed by atoms with van der Waals surface area (Å²) in [5.41, 5.74) is 2.23. The highest BCUT2D eigenvalue weighted by Crippen LogP contribution is 2.67. The molecule has 0 spiro atoms. The van der Waals surface area contributed by atoms with E-state index in [0.717, 1.165) is 37.7 Å². The van der Waals surface area contributed by atoms with Crippen molar-refractivity contribution in [3.8, 4) is 0 Å². The fourth-order valence-corrected chi connectivity index (χ4v) is 12.0. The summed E-state index contributed by atoms with van der Waals surface area (Å²) in [4.78, 5) is 12.7. The molecular formula is C40H62O13. The summed E-state index contributed by atoms with van der Waals surface area (Å²) in [6, 6.07) is 0. The maximum Gasteiger partial charge on any atom is 0.336 e. The van der Waals surface area contributed by atoms with Crippen LogP contribution < -0.4 is 0 Å². The number of carbonyl (C=O) groups is 1. The highest BCUT2D eigenvalue weighted by atomic mass is 16.7. The fraction of sp³-hybridized carbons (Fsp3) is 0.875. The predicted octanol–water partition coefficient (Wildman–Crippen LogP) is 1.86. The van der Waals surface area contributed by atoms with Crippen LogP contribution in [0.2, 0.25) is 0 Å². The van der Waals surface area contributed by atoms with E-state index in [2.05, 4.69) is 26.8 Å². The molecule has 53 heavy (non-hydrogen) atoms.